The molecule has 25 heavy (non-hydrogen) atoms. The number of carbonyl (C=O) groups is 2. The molecule has 4 heteroatoms. The lowest BCUT2D eigenvalue weighted by molar-refractivity contribution is -0.139. The molecule has 0 unspecified atom stereocenters. The Balaban J connectivity index is 2.22. The summed E-state index contributed by atoms with van der Waals surface area (Å²) in [6.07, 6.45) is 0.287. The van der Waals surface area contributed by atoms with Crippen LogP contribution in [0.5, 0.6) is 0 Å². The van der Waals surface area contributed by atoms with E-state index in [-0.39, 0.29) is 18.2 Å². The molecule has 2 amide bonds. The molecule has 0 aliphatic rings. The molecule has 0 spiro atoms. The van der Waals surface area contributed by atoms with Crippen molar-refractivity contribution in [1.29, 1.82) is 0 Å². The van der Waals surface area contributed by atoms with Crippen LogP contribution >= 0.6 is 0 Å². The fourth-order valence-corrected chi connectivity index (χ4v) is 2.76. The molecule has 4 nitrogen and oxygen atoms in total. The molecule has 0 aliphatic carbocycles. The van der Waals surface area contributed by atoms with Crippen LogP contribution < -0.4 is 5.32 Å². The first kappa shape index (κ1) is 18.7. The highest BCUT2D eigenvalue weighted by molar-refractivity contribution is 5.88. The second-order valence-corrected chi connectivity index (χ2v) is 6.39. The predicted octanol–water partition coefficient (Wildman–Crippen LogP) is 3.01. The Labute approximate surface area is 149 Å². The molecule has 0 heterocycles. The van der Waals surface area contributed by atoms with E-state index in [1.165, 1.54) is 11.1 Å². The SMILES string of the molecule is CNC(=O)[C@H](C)N(Cc1ccccc1)C(=O)Cc1ccc(C)c(C)c1. The molecule has 1 N–H and O–H groups in total. The van der Waals surface area contributed by atoms with E-state index in [2.05, 4.69) is 12.2 Å². The molecule has 0 saturated carbocycles. The number of amides is 2. The van der Waals surface area contributed by atoms with Crippen molar-refractivity contribution in [3.63, 3.8) is 0 Å². The number of hydrogen-bond donors (Lipinski definition) is 1. The molecule has 132 valence electrons. The number of nitrogens with zero attached hydrogens (tertiary/aromatic N) is 1. The Morgan fingerprint density at radius 1 is 1.00 bits per heavy atom. The summed E-state index contributed by atoms with van der Waals surface area (Å²) in [5, 5.41) is 2.63. The van der Waals surface area contributed by atoms with E-state index in [9.17, 15) is 9.59 Å². The standard InChI is InChI=1S/C21H26N2O2/c1-15-10-11-19(12-16(15)2)13-20(24)23(17(3)21(25)22-4)14-18-8-6-5-7-9-18/h5-12,17H,13-14H2,1-4H3,(H,22,25)/t17-/m0/s1. The highest BCUT2D eigenvalue weighted by Gasteiger charge is 2.25. The molecule has 0 radical (unpaired) electrons. The lowest BCUT2D eigenvalue weighted by Crippen LogP contribution is -2.47. The molecule has 2 aromatic carbocycles. The maximum atomic E-state index is 12.9. The van der Waals surface area contributed by atoms with Gasteiger partial charge in [-0.05, 0) is 43.0 Å². The quantitative estimate of drug-likeness (QED) is 0.880. The van der Waals surface area contributed by atoms with Crippen molar-refractivity contribution >= 4 is 11.8 Å². The van der Waals surface area contributed by atoms with Crippen molar-refractivity contribution in [1.82, 2.24) is 10.2 Å². The van der Waals surface area contributed by atoms with Gasteiger partial charge in [0.15, 0.2) is 0 Å². The summed E-state index contributed by atoms with van der Waals surface area (Å²) in [5.41, 5.74) is 4.34. The zero-order valence-electron chi connectivity index (χ0n) is 15.4. The number of aryl methyl sites for hydroxylation is 2. The predicted molar refractivity (Wildman–Crippen MR) is 100 cm³/mol. The molecule has 2 aromatic rings. The Bertz CT molecular complexity index is 741. The van der Waals surface area contributed by atoms with Crippen molar-refractivity contribution in [2.45, 2.75) is 39.8 Å². The second kappa shape index (κ2) is 8.47. The first-order chi connectivity index (χ1) is 11.9. The van der Waals surface area contributed by atoms with Gasteiger partial charge in [-0.15, -0.1) is 0 Å². The van der Waals surface area contributed by atoms with Gasteiger partial charge in [0.05, 0.1) is 6.42 Å². The molecular weight excluding hydrogens is 312 g/mol. The van der Waals surface area contributed by atoms with E-state index >= 15 is 0 Å². The van der Waals surface area contributed by atoms with E-state index in [4.69, 9.17) is 0 Å². The van der Waals surface area contributed by atoms with E-state index in [0.717, 1.165) is 11.1 Å². The van der Waals surface area contributed by atoms with Gasteiger partial charge in [-0.25, -0.2) is 0 Å². The minimum atomic E-state index is -0.524. The van der Waals surface area contributed by atoms with Crippen molar-refractivity contribution in [2.75, 3.05) is 7.05 Å². The van der Waals surface area contributed by atoms with Crippen LogP contribution in [-0.2, 0) is 22.6 Å². The Hall–Kier alpha value is -2.62. The molecule has 0 aliphatic heterocycles. The minimum absolute atomic E-state index is 0.0526. The van der Waals surface area contributed by atoms with Gasteiger partial charge in [0, 0.05) is 13.6 Å². The number of carbonyl (C=O) groups excluding carboxylic acids is 2. The third kappa shape index (κ3) is 4.92. The van der Waals surface area contributed by atoms with Crippen molar-refractivity contribution in [3.8, 4) is 0 Å². The lowest BCUT2D eigenvalue weighted by Gasteiger charge is -2.28. The molecular formula is C21H26N2O2. The maximum Gasteiger partial charge on any atom is 0.242 e. The van der Waals surface area contributed by atoms with Gasteiger partial charge < -0.3 is 10.2 Å². The van der Waals surface area contributed by atoms with Crippen LogP contribution in [0.1, 0.15) is 29.2 Å². The third-order valence-corrected chi connectivity index (χ3v) is 4.54. The molecule has 0 aromatic heterocycles. The number of likely N-dealkylation sites (N-methyl/N-ethyl adjacent to an activating group) is 1. The van der Waals surface area contributed by atoms with Crippen LogP contribution in [0.15, 0.2) is 48.5 Å². The van der Waals surface area contributed by atoms with Crippen molar-refractivity contribution in [2.24, 2.45) is 0 Å². The van der Waals surface area contributed by atoms with Gasteiger partial charge in [0.1, 0.15) is 6.04 Å². The van der Waals surface area contributed by atoms with Crippen LogP contribution in [0.25, 0.3) is 0 Å². The monoisotopic (exact) mass is 338 g/mol. The van der Waals surface area contributed by atoms with Crippen LogP contribution in [0.3, 0.4) is 0 Å². The Morgan fingerprint density at radius 2 is 1.68 bits per heavy atom. The second-order valence-electron chi connectivity index (χ2n) is 6.39. The van der Waals surface area contributed by atoms with Crippen molar-refractivity contribution < 1.29 is 9.59 Å². The number of rotatable bonds is 6. The number of benzene rings is 2. The fraction of sp³-hybridized carbons (Fsp3) is 0.333. The normalized spacial score (nSPS) is 11.7. The van der Waals surface area contributed by atoms with Crippen LogP contribution in [-0.4, -0.2) is 29.8 Å². The first-order valence-corrected chi connectivity index (χ1v) is 8.53. The van der Waals surface area contributed by atoms with Gasteiger partial charge in [-0.3, -0.25) is 9.59 Å². The molecule has 0 bridgehead atoms. The highest BCUT2D eigenvalue weighted by atomic mass is 16.2. The van der Waals surface area contributed by atoms with E-state index in [0.29, 0.717) is 6.54 Å². The molecule has 0 saturated heterocycles. The van der Waals surface area contributed by atoms with Gasteiger partial charge in [-0.1, -0.05) is 48.5 Å². The van der Waals surface area contributed by atoms with Crippen molar-refractivity contribution in [3.05, 3.63) is 70.8 Å². The van der Waals surface area contributed by atoms with Gasteiger partial charge >= 0.3 is 0 Å². The smallest absolute Gasteiger partial charge is 0.242 e. The molecule has 1 atom stereocenters. The van der Waals surface area contributed by atoms with Crippen LogP contribution in [0.2, 0.25) is 0 Å². The van der Waals surface area contributed by atoms with Gasteiger partial charge in [0.2, 0.25) is 11.8 Å². The first-order valence-electron chi connectivity index (χ1n) is 8.53. The van der Waals surface area contributed by atoms with Gasteiger partial charge in [-0.2, -0.15) is 0 Å². The lowest BCUT2D eigenvalue weighted by atomic mass is 10.0. The summed E-state index contributed by atoms with van der Waals surface area (Å²) >= 11 is 0. The largest absolute Gasteiger partial charge is 0.357 e. The maximum absolute atomic E-state index is 12.9. The van der Waals surface area contributed by atoms with Crippen LogP contribution in [0, 0.1) is 13.8 Å². The zero-order valence-corrected chi connectivity index (χ0v) is 15.4. The summed E-state index contributed by atoms with van der Waals surface area (Å²) in [6, 6.07) is 15.3. The number of hydrogen-bond acceptors (Lipinski definition) is 2. The molecule has 0 fully saturated rings. The Kier molecular flexibility index (Phi) is 6.34. The highest BCUT2D eigenvalue weighted by Crippen LogP contribution is 2.15. The minimum Gasteiger partial charge on any atom is -0.357 e. The summed E-state index contributed by atoms with van der Waals surface area (Å²) in [7, 11) is 1.59. The average Bonchev–Trinajstić information content (AvgIpc) is 2.62. The van der Waals surface area contributed by atoms with E-state index < -0.39 is 6.04 Å². The fourth-order valence-electron chi connectivity index (χ4n) is 2.76. The number of nitrogens with one attached hydrogen (secondary N) is 1. The summed E-state index contributed by atoms with van der Waals surface area (Å²) in [6.45, 7) is 6.27. The van der Waals surface area contributed by atoms with E-state index in [1.54, 1.807) is 18.9 Å². The topological polar surface area (TPSA) is 49.4 Å². The Morgan fingerprint density at radius 3 is 2.28 bits per heavy atom. The summed E-state index contributed by atoms with van der Waals surface area (Å²) < 4.78 is 0. The third-order valence-electron chi connectivity index (χ3n) is 4.54. The zero-order chi connectivity index (χ0) is 18.4. The molecule has 2 rings (SSSR count). The summed E-state index contributed by atoms with van der Waals surface area (Å²) in [5.74, 6) is -0.215. The van der Waals surface area contributed by atoms with Crippen LogP contribution in [0.4, 0.5) is 0 Å². The summed E-state index contributed by atoms with van der Waals surface area (Å²) in [4.78, 5) is 26.7. The van der Waals surface area contributed by atoms with Gasteiger partial charge in [0.25, 0.3) is 0 Å². The average molecular weight is 338 g/mol. The van der Waals surface area contributed by atoms with E-state index in [1.807, 2.05) is 55.5 Å².